The van der Waals surface area contributed by atoms with E-state index in [0.717, 1.165) is 16.9 Å². The van der Waals surface area contributed by atoms with Gasteiger partial charge in [-0.15, -0.1) is 0 Å². The molecule has 126 valence electrons. The van der Waals surface area contributed by atoms with Gasteiger partial charge in [-0.05, 0) is 55.7 Å². The fourth-order valence-electron chi connectivity index (χ4n) is 2.08. The number of aryl methyl sites for hydroxylation is 1. The molecule has 0 heterocycles. The lowest BCUT2D eigenvalue weighted by molar-refractivity contribution is 0.415. The average molecular weight is 343 g/mol. The maximum Gasteiger partial charge on any atom is 0.270 e. The van der Waals surface area contributed by atoms with E-state index in [-0.39, 0.29) is 4.90 Å². The lowest BCUT2D eigenvalue weighted by Gasteiger charge is -2.17. The molecule has 0 saturated heterocycles. The normalized spacial score (nSPS) is 10.6. The number of ether oxygens (including phenoxy) is 1. The van der Waals surface area contributed by atoms with E-state index < -0.39 is 10.0 Å². The molecule has 0 unspecified atom stereocenters. The van der Waals surface area contributed by atoms with Crippen LogP contribution in [0.4, 0.5) is 0 Å². The predicted octanol–water partition coefficient (Wildman–Crippen LogP) is 3.41. The van der Waals surface area contributed by atoms with Gasteiger partial charge in [-0.2, -0.15) is 0 Å². The van der Waals surface area contributed by atoms with E-state index in [1.807, 2.05) is 13.8 Å². The Morgan fingerprint density at radius 2 is 1.67 bits per heavy atom. The average Bonchev–Trinajstić information content (AvgIpc) is 2.59. The smallest absolute Gasteiger partial charge is 0.270 e. The van der Waals surface area contributed by atoms with E-state index in [2.05, 4.69) is 12.0 Å². The van der Waals surface area contributed by atoms with Crippen molar-refractivity contribution in [2.75, 3.05) is 13.7 Å². The van der Waals surface area contributed by atoms with Gasteiger partial charge in [-0.25, -0.2) is 12.7 Å². The molecule has 0 fully saturated rings. The molecular formula is C19H21NO3S. The Bertz CT molecular complexity index is 829. The second-order valence-electron chi connectivity index (χ2n) is 5.36. The minimum atomic E-state index is -3.63. The first-order valence-corrected chi connectivity index (χ1v) is 9.16. The molecule has 5 heteroatoms. The van der Waals surface area contributed by atoms with E-state index in [4.69, 9.17) is 4.74 Å². The number of hydrogen-bond acceptors (Lipinski definition) is 3. The lowest BCUT2D eigenvalue weighted by atomic mass is 10.2. The number of methoxy groups -OCH3 is 1. The van der Waals surface area contributed by atoms with Crippen LogP contribution in [0, 0.1) is 18.9 Å². The van der Waals surface area contributed by atoms with Gasteiger partial charge >= 0.3 is 0 Å². The van der Waals surface area contributed by atoms with Crippen molar-refractivity contribution in [3.63, 3.8) is 0 Å². The molecule has 0 atom stereocenters. The molecule has 24 heavy (non-hydrogen) atoms. The summed E-state index contributed by atoms with van der Waals surface area (Å²) in [4.78, 5) is 0.255. The molecule has 0 saturated carbocycles. The first-order valence-electron chi connectivity index (χ1n) is 7.72. The minimum absolute atomic E-state index is 0.255. The van der Waals surface area contributed by atoms with Crippen LogP contribution < -0.4 is 4.74 Å². The second kappa shape index (κ2) is 7.89. The van der Waals surface area contributed by atoms with Crippen LogP contribution in [-0.4, -0.2) is 26.4 Å². The van der Waals surface area contributed by atoms with E-state index in [9.17, 15) is 8.42 Å². The molecule has 0 aromatic heterocycles. The summed E-state index contributed by atoms with van der Waals surface area (Å²) in [5.74, 6) is 3.64. The number of rotatable bonds is 5. The third-order valence-electron chi connectivity index (χ3n) is 3.45. The zero-order valence-electron chi connectivity index (χ0n) is 14.1. The highest BCUT2D eigenvalue weighted by Crippen LogP contribution is 2.16. The van der Waals surface area contributed by atoms with Crippen LogP contribution in [0.1, 0.15) is 24.5 Å². The van der Waals surface area contributed by atoms with Crippen LogP contribution in [0.3, 0.4) is 0 Å². The first kappa shape index (κ1) is 17.9. The van der Waals surface area contributed by atoms with Gasteiger partial charge in [-0.1, -0.05) is 24.6 Å². The van der Waals surface area contributed by atoms with Crippen LogP contribution in [-0.2, 0) is 10.0 Å². The van der Waals surface area contributed by atoms with Crippen molar-refractivity contribution in [2.24, 2.45) is 0 Å². The van der Waals surface area contributed by atoms with Gasteiger partial charge in [0.05, 0.1) is 12.0 Å². The lowest BCUT2D eigenvalue weighted by Crippen LogP contribution is -2.27. The molecule has 2 aromatic carbocycles. The molecule has 0 N–H and O–H groups in total. The van der Waals surface area contributed by atoms with Crippen molar-refractivity contribution in [3.05, 3.63) is 59.7 Å². The van der Waals surface area contributed by atoms with E-state index >= 15 is 0 Å². The van der Waals surface area contributed by atoms with Crippen molar-refractivity contribution >= 4 is 10.0 Å². The maximum atomic E-state index is 12.8. The summed E-state index contributed by atoms with van der Waals surface area (Å²) in [5, 5.41) is 0. The number of hydrogen-bond donors (Lipinski definition) is 0. The van der Waals surface area contributed by atoms with Crippen molar-refractivity contribution < 1.29 is 13.2 Å². The number of nitrogens with zero attached hydrogens (tertiary/aromatic N) is 1. The van der Waals surface area contributed by atoms with Gasteiger partial charge in [0.2, 0.25) is 0 Å². The van der Waals surface area contributed by atoms with E-state index in [0.29, 0.717) is 13.0 Å². The Balaban J connectivity index is 2.31. The standard InChI is InChI=1S/C19H21NO3S/c1-4-14-20(15-13-17-7-9-18(23-3)10-8-17)24(21,22)19-11-5-16(2)6-12-19/h5-12H,4,14H2,1-3H3. The van der Waals surface area contributed by atoms with E-state index in [1.54, 1.807) is 55.6 Å². The second-order valence-corrected chi connectivity index (χ2v) is 7.22. The molecule has 2 rings (SSSR count). The van der Waals surface area contributed by atoms with Crippen LogP contribution in [0.15, 0.2) is 53.4 Å². The zero-order chi connectivity index (χ0) is 17.6. The molecular weight excluding hydrogens is 322 g/mol. The number of benzene rings is 2. The maximum absolute atomic E-state index is 12.8. The van der Waals surface area contributed by atoms with Gasteiger partial charge in [0.25, 0.3) is 10.0 Å². The molecule has 0 spiro atoms. The Morgan fingerprint density at radius 1 is 1.04 bits per heavy atom. The van der Waals surface area contributed by atoms with Gasteiger partial charge < -0.3 is 4.74 Å². The third kappa shape index (κ3) is 4.30. The summed E-state index contributed by atoms with van der Waals surface area (Å²) >= 11 is 0. The molecule has 0 amide bonds. The topological polar surface area (TPSA) is 46.6 Å². The van der Waals surface area contributed by atoms with Gasteiger partial charge in [-0.3, -0.25) is 0 Å². The fraction of sp³-hybridized carbons (Fsp3) is 0.263. The van der Waals surface area contributed by atoms with Crippen LogP contribution in [0.2, 0.25) is 0 Å². The quantitative estimate of drug-likeness (QED) is 0.617. The molecule has 0 aliphatic carbocycles. The molecule has 2 aromatic rings. The summed E-state index contributed by atoms with van der Waals surface area (Å²) in [5.41, 5.74) is 1.75. The Labute approximate surface area is 144 Å². The summed E-state index contributed by atoms with van der Waals surface area (Å²) in [6.07, 6.45) is 0.683. The monoisotopic (exact) mass is 343 g/mol. The Kier molecular flexibility index (Phi) is 5.88. The van der Waals surface area contributed by atoms with Crippen molar-refractivity contribution in [1.82, 2.24) is 4.31 Å². The first-order chi connectivity index (χ1) is 11.5. The van der Waals surface area contributed by atoms with Crippen LogP contribution in [0.5, 0.6) is 5.75 Å². The summed E-state index contributed by atoms with van der Waals surface area (Å²) in [6, 6.07) is 16.8. The zero-order valence-corrected chi connectivity index (χ0v) is 14.9. The summed E-state index contributed by atoms with van der Waals surface area (Å²) in [6.45, 7) is 4.19. The SMILES string of the molecule is CCCN(C#Cc1ccc(OC)cc1)S(=O)(=O)c1ccc(C)cc1. The molecule has 0 aliphatic heterocycles. The minimum Gasteiger partial charge on any atom is -0.497 e. The van der Waals surface area contributed by atoms with Crippen LogP contribution >= 0.6 is 0 Å². The molecule has 0 radical (unpaired) electrons. The predicted molar refractivity (Wildman–Crippen MR) is 95.2 cm³/mol. The van der Waals surface area contributed by atoms with Crippen molar-refractivity contribution in [3.8, 4) is 17.7 Å². The highest BCUT2D eigenvalue weighted by Gasteiger charge is 2.21. The molecule has 0 bridgehead atoms. The largest absolute Gasteiger partial charge is 0.497 e. The fourth-order valence-corrected chi connectivity index (χ4v) is 3.40. The molecule has 0 aliphatic rings. The third-order valence-corrected chi connectivity index (χ3v) is 5.17. The summed E-state index contributed by atoms with van der Waals surface area (Å²) < 4.78 is 31.8. The van der Waals surface area contributed by atoms with Gasteiger partial charge in [0, 0.05) is 18.2 Å². The Morgan fingerprint density at radius 3 is 2.21 bits per heavy atom. The summed E-state index contributed by atoms with van der Waals surface area (Å²) in [7, 11) is -2.03. The number of sulfonamides is 1. The van der Waals surface area contributed by atoms with Crippen LogP contribution in [0.25, 0.3) is 0 Å². The Hall–Kier alpha value is -2.45. The van der Waals surface area contributed by atoms with Crippen molar-refractivity contribution in [1.29, 1.82) is 0 Å². The highest BCUT2D eigenvalue weighted by atomic mass is 32.2. The molecule has 4 nitrogen and oxygen atoms in total. The highest BCUT2D eigenvalue weighted by molar-refractivity contribution is 7.89. The van der Waals surface area contributed by atoms with Gasteiger partial charge in [0.1, 0.15) is 5.75 Å². The van der Waals surface area contributed by atoms with Crippen molar-refractivity contribution in [2.45, 2.75) is 25.2 Å². The van der Waals surface area contributed by atoms with E-state index in [1.165, 1.54) is 4.31 Å². The van der Waals surface area contributed by atoms with Gasteiger partial charge in [0.15, 0.2) is 0 Å².